The molecule has 1 aliphatic heterocycles. The van der Waals surface area contributed by atoms with E-state index in [-0.39, 0.29) is 11.4 Å². The van der Waals surface area contributed by atoms with Crippen LogP contribution in [0.1, 0.15) is 16.7 Å². The van der Waals surface area contributed by atoms with E-state index in [1.165, 1.54) is 0 Å². The number of nitrogens with two attached hydrogens (primary N) is 2. The summed E-state index contributed by atoms with van der Waals surface area (Å²) in [6.45, 7) is 0. The predicted octanol–water partition coefficient (Wildman–Crippen LogP) is 2.59. The molecule has 2 aromatic rings. The molecule has 21 heavy (non-hydrogen) atoms. The van der Waals surface area contributed by atoms with Gasteiger partial charge in [0.05, 0.1) is 12.8 Å². The van der Waals surface area contributed by atoms with Crippen molar-refractivity contribution in [2.75, 3.05) is 18.6 Å². The molecule has 0 radical (unpaired) electrons. The molecule has 1 aromatic carbocycles. The third-order valence-corrected chi connectivity index (χ3v) is 3.78. The number of hydrogen-bond acceptors (Lipinski definition) is 6. The second kappa shape index (κ2) is 4.82. The second-order valence-electron chi connectivity index (χ2n) is 4.56. The summed E-state index contributed by atoms with van der Waals surface area (Å²) in [4.78, 5) is 4.13. The van der Waals surface area contributed by atoms with Crippen molar-refractivity contribution in [3.8, 4) is 23.4 Å². The van der Waals surface area contributed by atoms with Gasteiger partial charge in [0.2, 0.25) is 5.88 Å². The molecule has 1 aromatic heterocycles. The number of hydrogen-bond donors (Lipinski definition) is 2. The van der Waals surface area contributed by atoms with E-state index in [9.17, 15) is 0 Å². The zero-order valence-corrected chi connectivity index (χ0v) is 12.7. The van der Waals surface area contributed by atoms with E-state index in [4.69, 9.17) is 26.2 Å². The number of nitriles is 1. The Bertz CT molecular complexity index is 799. The average molecular weight is 347 g/mol. The Hall–Kier alpha value is -2.46. The summed E-state index contributed by atoms with van der Waals surface area (Å²) in [5.41, 5.74) is 13.8. The van der Waals surface area contributed by atoms with E-state index >= 15 is 0 Å². The van der Waals surface area contributed by atoms with Crippen molar-refractivity contribution >= 4 is 27.4 Å². The normalized spacial score (nSPS) is 11.9. The van der Waals surface area contributed by atoms with Crippen LogP contribution in [0.2, 0.25) is 0 Å². The van der Waals surface area contributed by atoms with Gasteiger partial charge in [-0.25, -0.2) is 0 Å². The van der Waals surface area contributed by atoms with Gasteiger partial charge in [-0.1, -0.05) is 15.9 Å². The second-order valence-corrected chi connectivity index (χ2v) is 5.47. The minimum absolute atomic E-state index is 0.0632. The van der Waals surface area contributed by atoms with Crippen LogP contribution in [0.3, 0.4) is 0 Å². The highest BCUT2D eigenvalue weighted by Gasteiger charge is 2.26. The highest BCUT2D eigenvalue weighted by atomic mass is 79.9. The van der Waals surface area contributed by atoms with Crippen molar-refractivity contribution in [3.63, 3.8) is 0 Å². The average Bonchev–Trinajstić information content (AvgIpc) is 2.45. The number of nitrogen functional groups attached to an aromatic ring is 2. The van der Waals surface area contributed by atoms with Gasteiger partial charge < -0.3 is 20.9 Å². The molecule has 4 N–H and O–H groups in total. The Labute approximate surface area is 129 Å². The van der Waals surface area contributed by atoms with Gasteiger partial charge in [0, 0.05) is 22.0 Å². The molecule has 2 heterocycles. The lowest BCUT2D eigenvalue weighted by Gasteiger charge is -2.23. The first-order valence-electron chi connectivity index (χ1n) is 6.07. The zero-order valence-electron chi connectivity index (χ0n) is 11.1. The van der Waals surface area contributed by atoms with E-state index in [1.807, 2.05) is 12.1 Å². The van der Waals surface area contributed by atoms with Crippen molar-refractivity contribution in [1.29, 1.82) is 5.26 Å². The van der Waals surface area contributed by atoms with E-state index in [0.717, 1.165) is 10.0 Å². The van der Waals surface area contributed by atoms with Gasteiger partial charge in [-0.3, -0.25) is 0 Å². The minimum atomic E-state index is 0.0632. The van der Waals surface area contributed by atoms with Crippen LogP contribution in [0.15, 0.2) is 16.6 Å². The summed E-state index contributed by atoms with van der Waals surface area (Å²) in [5, 5.41) is 9.10. The van der Waals surface area contributed by atoms with Gasteiger partial charge in [0.1, 0.15) is 17.5 Å². The highest BCUT2D eigenvalue weighted by Crippen LogP contribution is 2.45. The van der Waals surface area contributed by atoms with Crippen molar-refractivity contribution in [2.45, 2.75) is 6.42 Å². The molecule has 0 saturated heterocycles. The number of benzene rings is 1. The Kier molecular flexibility index (Phi) is 3.11. The first kappa shape index (κ1) is 13.5. The van der Waals surface area contributed by atoms with Gasteiger partial charge in [-0.2, -0.15) is 10.2 Å². The maximum absolute atomic E-state index is 9.10. The smallest absolute Gasteiger partial charge is 0.227 e. The molecule has 0 bridgehead atoms. The van der Waals surface area contributed by atoms with Crippen LogP contribution in [0.25, 0.3) is 0 Å². The fourth-order valence-electron chi connectivity index (χ4n) is 2.32. The SMILES string of the molecule is COc1cc(Br)cc2c1Oc1nc(N)c(C#N)c(N)c1C2. The molecule has 0 aliphatic carbocycles. The number of fused-ring (bicyclic) bond motifs is 2. The summed E-state index contributed by atoms with van der Waals surface area (Å²) in [6, 6.07) is 5.69. The molecule has 7 heteroatoms. The number of anilines is 2. The van der Waals surface area contributed by atoms with Gasteiger partial charge in [0.15, 0.2) is 11.5 Å². The lowest BCUT2D eigenvalue weighted by Crippen LogP contribution is -2.12. The van der Waals surface area contributed by atoms with Gasteiger partial charge in [-0.05, 0) is 12.1 Å². The third kappa shape index (κ3) is 2.04. The largest absolute Gasteiger partial charge is 0.493 e. The van der Waals surface area contributed by atoms with Crippen molar-refractivity contribution < 1.29 is 9.47 Å². The molecular formula is C14H11BrN4O2. The fourth-order valence-corrected chi connectivity index (χ4v) is 2.80. The number of rotatable bonds is 1. The Balaban J connectivity index is 2.20. The third-order valence-electron chi connectivity index (χ3n) is 3.32. The van der Waals surface area contributed by atoms with Crippen molar-refractivity contribution in [1.82, 2.24) is 4.98 Å². The molecule has 0 saturated carbocycles. The summed E-state index contributed by atoms with van der Waals surface area (Å²) >= 11 is 3.43. The van der Waals surface area contributed by atoms with Crippen LogP contribution in [0.5, 0.6) is 17.4 Å². The maximum atomic E-state index is 9.10. The molecule has 6 nitrogen and oxygen atoms in total. The molecule has 0 spiro atoms. The topological polar surface area (TPSA) is 107 Å². The zero-order chi connectivity index (χ0) is 15.1. The quantitative estimate of drug-likeness (QED) is 0.701. The van der Waals surface area contributed by atoms with Gasteiger partial charge >= 0.3 is 0 Å². The molecule has 3 rings (SSSR count). The van der Waals surface area contributed by atoms with Crippen molar-refractivity contribution in [3.05, 3.63) is 33.3 Å². The summed E-state index contributed by atoms with van der Waals surface area (Å²) < 4.78 is 12.0. The number of ether oxygens (including phenoxy) is 2. The first-order valence-corrected chi connectivity index (χ1v) is 6.86. The number of methoxy groups -OCH3 is 1. The maximum Gasteiger partial charge on any atom is 0.227 e. The molecule has 0 atom stereocenters. The van der Waals surface area contributed by atoms with E-state index in [2.05, 4.69) is 20.9 Å². The molecule has 0 unspecified atom stereocenters. The van der Waals surface area contributed by atoms with Crippen LogP contribution in [-0.4, -0.2) is 12.1 Å². The summed E-state index contributed by atoms with van der Waals surface area (Å²) in [6.07, 6.45) is 0.494. The van der Waals surface area contributed by atoms with E-state index in [1.54, 1.807) is 13.2 Å². The monoisotopic (exact) mass is 346 g/mol. The molecule has 0 fully saturated rings. The lowest BCUT2D eigenvalue weighted by atomic mass is 9.99. The van der Waals surface area contributed by atoms with Crippen LogP contribution in [0, 0.1) is 11.3 Å². The van der Waals surface area contributed by atoms with E-state index in [0.29, 0.717) is 35.1 Å². The first-order chi connectivity index (χ1) is 10.0. The number of aromatic nitrogens is 1. The number of nitrogens with zero attached hydrogens (tertiary/aromatic N) is 2. The molecule has 1 aliphatic rings. The fraction of sp³-hybridized carbons (Fsp3) is 0.143. The summed E-state index contributed by atoms with van der Waals surface area (Å²) in [5.74, 6) is 1.56. The van der Waals surface area contributed by atoms with Crippen LogP contribution >= 0.6 is 15.9 Å². The predicted molar refractivity (Wildman–Crippen MR) is 81.4 cm³/mol. The molecular weight excluding hydrogens is 336 g/mol. The van der Waals surface area contributed by atoms with Crippen LogP contribution < -0.4 is 20.9 Å². The Morgan fingerprint density at radius 1 is 1.43 bits per heavy atom. The summed E-state index contributed by atoms with van der Waals surface area (Å²) in [7, 11) is 1.57. The van der Waals surface area contributed by atoms with Crippen LogP contribution in [0.4, 0.5) is 11.5 Å². The van der Waals surface area contributed by atoms with Crippen molar-refractivity contribution in [2.24, 2.45) is 0 Å². The highest BCUT2D eigenvalue weighted by molar-refractivity contribution is 9.10. The number of pyridine rings is 1. The lowest BCUT2D eigenvalue weighted by molar-refractivity contribution is 0.366. The molecule has 0 amide bonds. The minimum Gasteiger partial charge on any atom is -0.493 e. The Morgan fingerprint density at radius 3 is 2.86 bits per heavy atom. The Morgan fingerprint density at radius 2 is 2.19 bits per heavy atom. The van der Waals surface area contributed by atoms with Crippen LogP contribution in [-0.2, 0) is 6.42 Å². The standard InChI is InChI=1S/C14H11BrN4O2/c1-20-10-4-7(15)2-6-3-8-11(17)9(5-16)13(18)19-14(8)21-12(6)10/h2,4H,3H2,1H3,(H4,17,18,19). The van der Waals surface area contributed by atoms with Gasteiger partial charge in [0.25, 0.3) is 0 Å². The van der Waals surface area contributed by atoms with E-state index < -0.39 is 0 Å². The number of halogens is 1. The molecule has 106 valence electrons. The van der Waals surface area contributed by atoms with Gasteiger partial charge in [-0.15, -0.1) is 0 Å².